The Morgan fingerprint density at radius 1 is 1.06 bits per heavy atom. The second kappa shape index (κ2) is 14.9. The number of guanidine groups is 1. The first kappa shape index (κ1) is 28.9. The minimum absolute atomic E-state index is 0.0203. The third-order valence-corrected chi connectivity index (χ3v) is 6.03. The molecule has 1 aliphatic rings. The fourth-order valence-electron chi connectivity index (χ4n) is 3.74. The van der Waals surface area contributed by atoms with Crippen molar-refractivity contribution >= 4 is 42.3 Å². The SMILES string of the molecule is NC(N)=NCCCC(NC(=O)C(Cc1ccccc1)NC(=O)C(CS)NC(=O)C1CCCN1)C(=O)O. The van der Waals surface area contributed by atoms with Crippen LogP contribution in [0.1, 0.15) is 31.2 Å². The number of hydrogen-bond acceptors (Lipinski definition) is 7. The second-order valence-corrected chi connectivity index (χ2v) is 8.86. The van der Waals surface area contributed by atoms with Gasteiger partial charge in [-0.1, -0.05) is 30.3 Å². The first-order valence-electron chi connectivity index (χ1n) is 11.8. The Balaban J connectivity index is 2.09. The van der Waals surface area contributed by atoms with Crippen LogP contribution >= 0.6 is 12.6 Å². The van der Waals surface area contributed by atoms with Gasteiger partial charge in [-0.25, -0.2) is 4.79 Å². The van der Waals surface area contributed by atoms with Gasteiger partial charge in [-0.05, 0) is 37.8 Å². The number of carbonyl (C=O) groups is 4. The molecule has 9 N–H and O–H groups in total. The number of carbonyl (C=O) groups excluding carboxylic acids is 3. The molecule has 198 valence electrons. The van der Waals surface area contributed by atoms with E-state index >= 15 is 0 Å². The molecule has 4 unspecified atom stereocenters. The number of rotatable bonds is 14. The number of amides is 3. The minimum atomic E-state index is -1.22. The van der Waals surface area contributed by atoms with Crippen molar-refractivity contribution < 1.29 is 24.3 Å². The molecule has 13 heteroatoms. The van der Waals surface area contributed by atoms with Gasteiger partial charge in [0.1, 0.15) is 18.1 Å². The van der Waals surface area contributed by atoms with Crippen molar-refractivity contribution in [2.45, 2.75) is 56.3 Å². The molecule has 1 aromatic carbocycles. The molecule has 1 heterocycles. The van der Waals surface area contributed by atoms with E-state index in [9.17, 15) is 24.3 Å². The van der Waals surface area contributed by atoms with Gasteiger partial charge in [0.15, 0.2) is 5.96 Å². The predicted molar refractivity (Wildman–Crippen MR) is 138 cm³/mol. The number of benzene rings is 1. The van der Waals surface area contributed by atoms with E-state index in [1.54, 1.807) is 24.3 Å². The lowest BCUT2D eigenvalue weighted by Crippen LogP contribution is -2.58. The number of nitrogens with two attached hydrogens (primary N) is 2. The maximum atomic E-state index is 13.1. The van der Waals surface area contributed by atoms with Crippen molar-refractivity contribution in [1.29, 1.82) is 0 Å². The van der Waals surface area contributed by atoms with Crippen LogP contribution in [-0.4, -0.2) is 77.8 Å². The molecule has 0 radical (unpaired) electrons. The van der Waals surface area contributed by atoms with E-state index < -0.39 is 35.9 Å². The summed E-state index contributed by atoms with van der Waals surface area (Å²) < 4.78 is 0. The minimum Gasteiger partial charge on any atom is -0.480 e. The summed E-state index contributed by atoms with van der Waals surface area (Å²) in [7, 11) is 0. The lowest BCUT2D eigenvalue weighted by atomic mass is 10.0. The highest BCUT2D eigenvalue weighted by Crippen LogP contribution is 2.08. The Hall–Kier alpha value is -3.32. The average Bonchev–Trinajstić information content (AvgIpc) is 3.39. The zero-order chi connectivity index (χ0) is 26.5. The molecule has 0 spiro atoms. The molecule has 1 aliphatic heterocycles. The Bertz CT molecular complexity index is 921. The fourth-order valence-corrected chi connectivity index (χ4v) is 4.00. The standard InChI is InChI=1S/C23H35N7O5S/c24-23(25)27-11-5-9-16(22(34)35)28-20(32)17(12-14-6-2-1-3-7-14)29-21(33)18(13-36)30-19(31)15-8-4-10-26-15/h1-3,6-7,15-18,26,36H,4-5,8-13H2,(H,28,32)(H,29,33)(H,30,31)(H,34,35)(H4,24,25,27). The number of thiol groups is 1. The number of carboxylic acid groups (broad SMARTS) is 1. The highest BCUT2D eigenvalue weighted by molar-refractivity contribution is 7.80. The molecule has 1 saturated heterocycles. The quantitative estimate of drug-likeness (QED) is 0.0625. The maximum Gasteiger partial charge on any atom is 0.326 e. The van der Waals surface area contributed by atoms with Crippen molar-refractivity contribution in [2.75, 3.05) is 18.8 Å². The molecule has 0 saturated carbocycles. The summed E-state index contributed by atoms with van der Waals surface area (Å²) in [6, 6.07) is 5.36. The summed E-state index contributed by atoms with van der Waals surface area (Å²) in [4.78, 5) is 54.1. The van der Waals surface area contributed by atoms with Gasteiger partial charge in [0.2, 0.25) is 17.7 Å². The van der Waals surface area contributed by atoms with Gasteiger partial charge in [-0.2, -0.15) is 12.6 Å². The van der Waals surface area contributed by atoms with Crippen molar-refractivity contribution in [3.63, 3.8) is 0 Å². The number of carboxylic acids is 1. The second-order valence-electron chi connectivity index (χ2n) is 8.49. The normalized spacial score (nSPS) is 17.3. The lowest BCUT2D eigenvalue weighted by Gasteiger charge is -2.24. The van der Waals surface area contributed by atoms with Gasteiger partial charge in [-0.15, -0.1) is 0 Å². The molecule has 3 amide bonds. The molecular formula is C23H35N7O5S. The van der Waals surface area contributed by atoms with Crippen LogP contribution in [0.15, 0.2) is 35.3 Å². The van der Waals surface area contributed by atoms with Crippen LogP contribution in [0.4, 0.5) is 0 Å². The number of aliphatic imine (C=N–C) groups is 1. The molecular weight excluding hydrogens is 486 g/mol. The smallest absolute Gasteiger partial charge is 0.326 e. The van der Waals surface area contributed by atoms with E-state index in [-0.39, 0.29) is 43.0 Å². The van der Waals surface area contributed by atoms with Crippen molar-refractivity contribution in [3.05, 3.63) is 35.9 Å². The Morgan fingerprint density at radius 2 is 1.72 bits per heavy atom. The zero-order valence-corrected chi connectivity index (χ0v) is 20.9. The van der Waals surface area contributed by atoms with Gasteiger partial charge in [-0.3, -0.25) is 19.4 Å². The van der Waals surface area contributed by atoms with Gasteiger partial charge < -0.3 is 37.8 Å². The van der Waals surface area contributed by atoms with Crippen molar-refractivity contribution in [3.8, 4) is 0 Å². The molecule has 1 aromatic rings. The first-order chi connectivity index (χ1) is 17.2. The molecule has 2 rings (SSSR count). The van der Waals surface area contributed by atoms with E-state index in [1.165, 1.54) is 0 Å². The Morgan fingerprint density at radius 3 is 2.31 bits per heavy atom. The molecule has 0 aliphatic carbocycles. The number of nitrogens with zero attached hydrogens (tertiary/aromatic N) is 1. The highest BCUT2D eigenvalue weighted by atomic mass is 32.1. The van der Waals surface area contributed by atoms with Gasteiger partial charge in [0.25, 0.3) is 0 Å². The van der Waals surface area contributed by atoms with E-state index in [2.05, 4.69) is 38.9 Å². The largest absolute Gasteiger partial charge is 0.480 e. The summed E-state index contributed by atoms with van der Waals surface area (Å²) in [6.45, 7) is 0.942. The molecule has 36 heavy (non-hydrogen) atoms. The third-order valence-electron chi connectivity index (χ3n) is 5.67. The van der Waals surface area contributed by atoms with Crippen LogP contribution in [-0.2, 0) is 25.6 Å². The predicted octanol–water partition coefficient (Wildman–Crippen LogP) is -1.50. The van der Waals surface area contributed by atoms with Crippen molar-refractivity contribution in [1.82, 2.24) is 21.3 Å². The van der Waals surface area contributed by atoms with Crippen molar-refractivity contribution in [2.24, 2.45) is 16.5 Å². The molecule has 0 bridgehead atoms. The topological polar surface area (TPSA) is 201 Å². The molecule has 0 aromatic heterocycles. The summed E-state index contributed by atoms with van der Waals surface area (Å²) in [6.07, 6.45) is 2.08. The molecule has 12 nitrogen and oxygen atoms in total. The fraction of sp³-hybridized carbons (Fsp3) is 0.522. The zero-order valence-electron chi connectivity index (χ0n) is 20.0. The summed E-state index contributed by atoms with van der Waals surface area (Å²) in [5.41, 5.74) is 11.3. The molecule has 4 atom stereocenters. The number of aliphatic carboxylic acids is 1. The Labute approximate surface area is 215 Å². The van der Waals surface area contributed by atoms with Gasteiger partial charge >= 0.3 is 5.97 Å². The van der Waals surface area contributed by atoms with E-state index in [4.69, 9.17) is 11.5 Å². The van der Waals surface area contributed by atoms with E-state index in [0.717, 1.165) is 18.5 Å². The average molecular weight is 522 g/mol. The Kier molecular flexibility index (Phi) is 12.0. The maximum absolute atomic E-state index is 13.1. The number of hydrogen-bond donors (Lipinski definition) is 8. The first-order valence-corrected chi connectivity index (χ1v) is 12.4. The van der Waals surface area contributed by atoms with Crippen LogP contribution in [0.25, 0.3) is 0 Å². The third kappa shape index (κ3) is 9.74. The highest BCUT2D eigenvalue weighted by Gasteiger charge is 2.31. The van der Waals surface area contributed by atoms with Crippen LogP contribution < -0.4 is 32.7 Å². The van der Waals surface area contributed by atoms with E-state index in [0.29, 0.717) is 12.8 Å². The van der Waals surface area contributed by atoms with Crippen LogP contribution in [0, 0.1) is 0 Å². The van der Waals surface area contributed by atoms with E-state index in [1.807, 2.05) is 6.07 Å². The van der Waals surface area contributed by atoms with Crippen LogP contribution in [0.5, 0.6) is 0 Å². The molecule has 1 fully saturated rings. The lowest BCUT2D eigenvalue weighted by molar-refractivity contribution is -0.142. The summed E-state index contributed by atoms with van der Waals surface area (Å²) in [5, 5.41) is 20.4. The number of nitrogens with one attached hydrogen (secondary N) is 4. The van der Waals surface area contributed by atoms with Crippen LogP contribution in [0.2, 0.25) is 0 Å². The van der Waals surface area contributed by atoms with Crippen LogP contribution in [0.3, 0.4) is 0 Å². The summed E-state index contributed by atoms with van der Waals surface area (Å²) in [5.74, 6) is -2.87. The van der Waals surface area contributed by atoms with Gasteiger partial charge in [0.05, 0.1) is 6.04 Å². The monoisotopic (exact) mass is 521 g/mol. The summed E-state index contributed by atoms with van der Waals surface area (Å²) >= 11 is 4.19. The van der Waals surface area contributed by atoms with Gasteiger partial charge in [0, 0.05) is 18.7 Å².